The summed E-state index contributed by atoms with van der Waals surface area (Å²) in [4.78, 5) is 0.548. The standard InChI is InChI=1S/2C11H14O2SSi/c2*1-15(2,3)10-9-14(12,13)11-7-5-4-6-8-11/h2*4-8H,1-3H3. The highest BCUT2D eigenvalue weighted by Gasteiger charge is 2.14. The Morgan fingerprint density at radius 1 is 0.533 bits per heavy atom. The molecule has 0 aliphatic carbocycles. The molecular weight excluding hydrogens is 449 g/mol. The molecular formula is C22H28O4S2Si2. The normalized spacial score (nSPS) is 11.7. The third-order valence-corrected chi connectivity index (χ3v) is 7.87. The van der Waals surface area contributed by atoms with Crippen LogP contribution in [0.5, 0.6) is 0 Å². The molecule has 0 spiro atoms. The van der Waals surface area contributed by atoms with Gasteiger partial charge in [-0.1, -0.05) is 75.7 Å². The third kappa shape index (κ3) is 10.1. The van der Waals surface area contributed by atoms with E-state index in [2.05, 4.69) is 21.6 Å². The molecule has 0 aliphatic rings. The average molecular weight is 477 g/mol. The molecule has 0 saturated heterocycles. The van der Waals surface area contributed by atoms with Gasteiger partial charge in [0.05, 0.1) is 9.79 Å². The number of sulfone groups is 2. The fraction of sp³-hybridized carbons (Fsp3) is 0.273. The Hall–Kier alpha value is -2.11. The summed E-state index contributed by atoms with van der Waals surface area (Å²) in [6.07, 6.45) is 0. The summed E-state index contributed by atoms with van der Waals surface area (Å²) in [6, 6.07) is 16.6. The molecule has 2 rings (SSSR count). The van der Waals surface area contributed by atoms with Crippen LogP contribution in [0, 0.1) is 21.6 Å². The first-order chi connectivity index (χ1) is 13.6. The molecule has 30 heavy (non-hydrogen) atoms. The van der Waals surface area contributed by atoms with Crippen molar-refractivity contribution in [3.8, 4) is 21.6 Å². The molecule has 0 heterocycles. The monoisotopic (exact) mass is 476 g/mol. The minimum absolute atomic E-state index is 0.274. The maximum absolute atomic E-state index is 11.7. The summed E-state index contributed by atoms with van der Waals surface area (Å²) in [5, 5.41) is 4.80. The van der Waals surface area contributed by atoms with Gasteiger partial charge < -0.3 is 0 Å². The van der Waals surface area contributed by atoms with Crippen molar-refractivity contribution in [1.29, 1.82) is 0 Å². The molecule has 0 atom stereocenters. The van der Waals surface area contributed by atoms with Crippen LogP contribution in [0.15, 0.2) is 70.5 Å². The average Bonchev–Trinajstić information content (AvgIpc) is 2.66. The molecule has 2 aromatic rings. The Bertz CT molecular complexity index is 1070. The largest absolute Gasteiger partial charge is 0.244 e. The van der Waals surface area contributed by atoms with Gasteiger partial charge in [0.1, 0.15) is 16.1 Å². The first-order valence-corrected chi connectivity index (χ1v) is 19.3. The highest BCUT2D eigenvalue weighted by Crippen LogP contribution is 2.10. The van der Waals surface area contributed by atoms with Crippen LogP contribution in [0.1, 0.15) is 0 Å². The Morgan fingerprint density at radius 2 is 0.800 bits per heavy atom. The Morgan fingerprint density at radius 3 is 1.03 bits per heavy atom. The van der Waals surface area contributed by atoms with Gasteiger partial charge >= 0.3 is 0 Å². The van der Waals surface area contributed by atoms with Gasteiger partial charge in [-0.25, -0.2) is 16.8 Å². The zero-order chi connectivity index (χ0) is 23.1. The lowest BCUT2D eigenvalue weighted by atomic mass is 10.4. The van der Waals surface area contributed by atoms with E-state index in [1.165, 1.54) is 0 Å². The van der Waals surface area contributed by atoms with E-state index in [9.17, 15) is 16.8 Å². The molecule has 0 bridgehead atoms. The number of rotatable bonds is 2. The molecule has 0 amide bonds. The molecule has 4 nitrogen and oxygen atoms in total. The molecule has 0 N–H and O–H groups in total. The predicted molar refractivity (Wildman–Crippen MR) is 129 cm³/mol. The van der Waals surface area contributed by atoms with Crippen molar-refractivity contribution in [3.63, 3.8) is 0 Å². The van der Waals surface area contributed by atoms with Crippen molar-refractivity contribution in [2.75, 3.05) is 0 Å². The van der Waals surface area contributed by atoms with Crippen LogP contribution < -0.4 is 0 Å². The van der Waals surface area contributed by atoms with Gasteiger partial charge in [-0.3, -0.25) is 0 Å². The predicted octanol–water partition coefficient (Wildman–Crippen LogP) is 4.60. The second kappa shape index (κ2) is 10.3. The van der Waals surface area contributed by atoms with Crippen molar-refractivity contribution >= 4 is 35.8 Å². The van der Waals surface area contributed by atoms with Gasteiger partial charge in [0.15, 0.2) is 0 Å². The third-order valence-electron chi connectivity index (χ3n) is 3.23. The first-order valence-electron chi connectivity index (χ1n) is 9.30. The maximum Gasteiger partial charge on any atom is 0.244 e. The quantitative estimate of drug-likeness (QED) is 0.469. The van der Waals surface area contributed by atoms with Gasteiger partial charge in [-0.05, 0) is 24.3 Å². The smallest absolute Gasteiger partial charge is 0.210 e. The van der Waals surface area contributed by atoms with E-state index in [4.69, 9.17) is 0 Å². The van der Waals surface area contributed by atoms with E-state index in [1.807, 2.05) is 39.3 Å². The lowest BCUT2D eigenvalue weighted by Gasteiger charge is -2.03. The molecule has 160 valence electrons. The summed E-state index contributed by atoms with van der Waals surface area (Å²) in [5.41, 5.74) is 5.72. The lowest BCUT2D eigenvalue weighted by molar-refractivity contribution is 0.604. The van der Waals surface area contributed by atoms with Crippen molar-refractivity contribution in [2.45, 2.75) is 49.1 Å². The first kappa shape index (κ1) is 25.9. The molecule has 2 aromatic carbocycles. The van der Waals surface area contributed by atoms with Crippen molar-refractivity contribution in [2.24, 2.45) is 0 Å². The number of hydrogen-bond donors (Lipinski definition) is 0. The van der Waals surface area contributed by atoms with E-state index < -0.39 is 35.8 Å². The molecule has 0 unspecified atom stereocenters. The van der Waals surface area contributed by atoms with E-state index in [0.29, 0.717) is 0 Å². The van der Waals surface area contributed by atoms with E-state index in [-0.39, 0.29) is 9.79 Å². The van der Waals surface area contributed by atoms with Crippen LogP contribution >= 0.6 is 0 Å². The lowest BCUT2D eigenvalue weighted by Crippen LogP contribution is -2.17. The molecule has 0 aliphatic heterocycles. The minimum atomic E-state index is -3.42. The van der Waals surface area contributed by atoms with E-state index >= 15 is 0 Å². The van der Waals surface area contributed by atoms with Crippen LogP contribution in [-0.4, -0.2) is 33.0 Å². The number of benzene rings is 2. The Labute approximate surface area is 183 Å². The molecule has 0 aromatic heterocycles. The molecule has 0 fully saturated rings. The summed E-state index contributed by atoms with van der Waals surface area (Å²) < 4.78 is 46.9. The second-order valence-corrected chi connectivity index (χ2v) is 21.5. The summed E-state index contributed by atoms with van der Waals surface area (Å²) in [5.74, 6) is 0. The summed E-state index contributed by atoms with van der Waals surface area (Å²) in [6.45, 7) is 12.1. The van der Waals surface area contributed by atoms with Crippen LogP contribution in [0.2, 0.25) is 39.3 Å². The van der Waals surface area contributed by atoms with Crippen LogP contribution in [0.4, 0.5) is 0 Å². The minimum Gasteiger partial charge on any atom is -0.210 e. The second-order valence-electron chi connectivity index (χ2n) is 8.59. The Kier molecular flexibility index (Phi) is 8.88. The van der Waals surface area contributed by atoms with Crippen LogP contribution in [0.25, 0.3) is 0 Å². The van der Waals surface area contributed by atoms with Gasteiger partial charge in [0.2, 0.25) is 19.7 Å². The van der Waals surface area contributed by atoms with Crippen molar-refractivity contribution in [1.82, 2.24) is 0 Å². The highest BCUT2D eigenvalue weighted by atomic mass is 32.2. The van der Waals surface area contributed by atoms with Crippen molar-refractivity contribution < 1.29 is 16.8 Å². The van der Waals surface area contributed by atoms with Crippen LogP contribution in [-0.2, 0) is 19.7 Å². The van der Waals surface area contributed by atoms with Gasteiger partial charge in [-0.15, -0.1) is 11.1 Å². The van der Waals surface area contributed by atoms with Gasteiger partial charge in [0.25, 0.3) is 0 Å². The maximum atomic E-state index is 11.7. The van der Waals surface area contributed by atoms with Gasteiger partial charge in [-0.2, -0.15) is 0 Å². The fourth-order valence-electron chi connectivity index (χ4n) is 1.76. The molecule has 8 heteroatoms. The van der Waals surface area contributed by atoms with E-state index in [1.54, 1.807) is 60.7 Å². The van der Waals surface area contributed by atoms with Crippen LogP contribution in [0.3, 0.4) is 0 Å². The molecule has 0 radical (unpaired) electrons. The summed E-state index contributed by atoms with van der Waals surface area (Å²) in [7, 11) is -10.1. The van der Waals surface area contributed by atoms with Crippen molar-refractivity contribution in [3.05, 3.63) is 60.7 Å². The fourth-order valence-corrected chi connectivity index (χ4v) is 6.55. The number of hydrogen-bond acceptors (Lipinski definition) is 4. The highest BCUT2D eigenvalue weighted by molar-refractivity contribution is 7.96. The summed E-state index contributed by atoms with van der Waals surface area (Å²) >= 11 is 0. The van der Waals surface area contributed by atoms with Gasteiger partial charge in [0, 0.05) is 10.5 Å². The zero-order valence-electron chi connectivity index (χ0n) is 18.2. The van der Waals surface area contributed by atoms with E-state index in [0.717, 1.165) is 0 Å². The zero-order valence-corrected chi connectivity index (χ0v) is 21.9. The SMILES string of the molecule is C[Si](C)(C)C#CS(=O)(=O)c1ccccc1.C[Si](C)(C)C#CS(=O)(=O)c1ccccc1. The Balaban J connectivity index is 0.000000300. The topological polar surface area (TPSA) is 68.3 Å². The molecule has 0 saturated carbocycles.